The molecule has 1 N–H and O–H groups in total. The number of rotatable bonds is 7. The van der Waals surface area contributed by atoms with Gasteiger partial charge in [0.25, 0.3) is 0 Å². The monoisotopic (exact) mass is 455 g/mol. The average Bonchev–Trinajstić information content (AvgIpc) is 3.35. The summed E-state index contributed by atoms with van der Waals surface area (Å²) >= 11 is 7.14. The number of halogens is 2. The minimum atomic E-state index is -0.322. The molecule has 4 rings (SSSR count). The maximum Gasteiger partial charge on any atom is 0.234 e. The lowest BCUT2D eigenvalue weighted by molar-refractivity contribution is -0.113. The minimum Gasteiger partial charge on any atom is -0.354 e. The van der Waals surface area contributed by atoms with Crippen LogP contribution in [0.1, 0.15) is 11.5 Å². The molecule has 0 saturated heterocycles. The predicted octanol–water partition coefficient (Wildman–Crippen LogP) is 4.72. The summed E-state index contributed by atoms with van der Waals surface area (Å²) < 4.78 is 17.3. The summed E-state index contributed by atoms with van der Waals surface area (Å²) in [7, 11) is 1.96. The second-order valence-corrected chi connectivity index (χ2v) is 8.22. The number of carbonyl (C=O) groups is 1. The molecular weight excluding hydrogens is 437 g/mol. The van der Waals surface area contributed by atoms with Crippen LogP contribution in [-0.4, -0.2) is 31.0 Å². The first kappa shape index (κ1) is 21.1. The van der Waals surface area contributed by atoms with E-state index in [2.05, 4.69) is 15.5 Å². The number of aryl methyl sites for hydroxylation is 1. The van der Waals surface area contributed by atoms with E-state index in [1.165, 1.54) is 23.9 Å². The Labute approximate surface area is 188 Å². The van der Waals surface area contributed by atoms with E-state index >= 15 is 0 Å². The predicted molar refractivity (Wildman–Crippen MR) is 120 cm³/mol. The fourth-order valence-corrected chi connectivity index (χ4v) is 3.96. The lowest BCUT2D eigenvalue weighted by Gasteiger charge is -2.11. The SMILES string of the molecule is Cn1cccc1Cc1nnc(SCC(=O)Nc2ccc(Cl)cc2)n1-c1ccc(F)cc1. The summed E-state index contributed by atoms with van der Waals surface area (Å²) in [5.41, 5.74) is 2.46. The fraction of sp³-hybridized carbons (Fsp3) is 0.136. The quantitative estimate of drug-likeness (QED) is 0.409. The van der Waals surface area contributed by atoms with Gasteiger partial charge in [0.2, 0.25) is 5.91 Å². The Morgan fingerprint density at radius 2 is 1.84 bits per heavy atom. The Balaban J connectivity index is 1.55. The van der Waals surface area contributed by atoms with E-state index < -0.39 is 0 Å². The van der Waals surface area contributed by atoms with Crippen LogP contribution in [0.3, 0.4) is 0 Å². The van der Waals surface area contributed by atoms with Crippen molar-refractivity contribution in [2.45, 2.75) is 11.6 Å². The average molecular weight is 456 g/mol. The first-order valence-electron chi connectivity index (χ1n) is 9.48. The highest BCUT2D eigenvalue weighted by Crippen LogP contribution is 2.24. The molecule has 9 heteroatoms. The zero-order chi connectivity index (χ0) is 21.8. The fourth-order valence-electron chi connectivity index (χ4n) is 3.06. The van der Waals surface area contributed by atoms with Crippen LogP contribution in [0.2, 0.25) is 5.02 Å². The molecule has 2 aromatic carbocycles. The molecule has 6 nitrogen and oxygen atoms in total. The molecule has 158 valence electrons. The second-order valence-electron chi connectivity index (χ2n) is 6.84. The van der Waals surface area contributed by atoms with Gasteiger partial charge in [-0.3, -0.25) is 9.36 Å². The number of aromatic nitrogens is 4. The number of hydrogen-bond acceptors (Lipinski definition) is 4. The van der Waals surface area contributed by atoms with Crippen LogP contribution in [0, 0.1) is 5.82 Å². The number of anilines is 1. The standard InChI is InChI=1S/C22H19ClFN5OS/c1-28-12-2-3-19(28)13-20-26-27-22(29(20)18-10-6-16(24)7-11-18)31-14-21(30)25-17-8-4-15(23)5-9-17/h2-12H,13-14H2,1H3,(H,25,30). The van der Waals surface area contributed by atoms with Crippen molar-refractivity contribution in [3.05, 3.63) is 89.2 Å². The van der Waals surface area contributed by atoms with Gasteiger partial charge in [-0.05, 0) is 60.7 Å². The number of carbonyl (C=O) groups excluding carboxylic acids is 1. The number of nitrogens with zero attached hydrogens (tertiary/aromatic N) is 4. The zero-order valence-electron chi connectivity index (χ0n) is 16.6. The van der Waals surface area contributed by atoms with Gasteiger partial charge < -0.3 is 9.88 Å². The first-order chi connectivity index (χ1) is 15.0. The molecule has 0 spiro atoms. The smallest absolute Gasteiger partial charge is 0.234 e. The van der Waals surface area contributed by atoms with Crippen molar-refractivity contribution in [3.8, 4) is 5.69 Å². The molecule has 0 aliphatic heterocycles. The Morgan fingerprint density at radius 1 is 1.10 bits per heavy atom. The summed E-state index contributed by atoms with van der Waals surface area (Å²) in [6.07, 6.45) is 2.51. The van der Waals surface area contributed by atoms with Gasteiger partial charge in [0.15, 0.2) is 5.16 Å². The number of nitrogens with one attached hydrogen (secondary N) is 1. The Morgan fingerprint density at radius 3 is 2.52 bits per heavy atom. The van der Waals surface area contributed by atoms with Crippen LogP contribution < -0.4 is 5.32 Å². The lowest BCUT2D eigenvalue weighted by Crippen LogP contribution is -2.14. The third kappa shape index (κ3) is 5.15. The Bertz CT molecular complexity index is 1190. The molecule has 0 fully saturated rings. The largest absolute Gasteiger partial charge is 0.354 e. The van der Waals surface area contributed by atoms with Gasteiger partial charge in [0.1, 0.15) is 11.6 Å². The molecule has 0 radical (unpaired) electrons. The Kier molecular flexibility index (Phi) is 6.39. The van der Waals surface area contributed by atoms with E-state index in [0.717, 1.165) is 11.4 Å². The summed E-state index contributed by atoms with van der Waals surface area (Å²) in [6.45, 7) is 0. The first-order valence-corrected chi connectivity index (χ1v) is 10.8. The van der Waals surface area contributed by atoms with E-state index in [0.29, 0.717) is 28.1 Å². The molecule has 1 amide bonds. The van der Waals surface area contributed by atoms with Crippen molar-refractivity contribution in [2.75, 3.05) is 11.1 Å². The summed E-state index contributed by atoms with van der Waals surface area (Å²) in [5.74, 6) is 0.350. The molecular formula is C22H19ClFN5OS. The summed E-state index contributed by atoms with van der Waals surface area (Å²) in [6, 6.07) is 17.0. The highest BCUT2D eigenvalue weighted by atomic mass is 35.5. The van der Waals surface area contributed by atoms with E-state index in [-0.39, 0.29) is 17.5 Å². The van der Waals surface area contributed by atoms with Crippen LogP contribution in [0.15, 0.2) is 72.0 Å². The van der Waals surface area contributed by atoms with Crippen molar-refractivity contribution in [1.29, 1.82) is 0 Å². The third-order valence-electron chi connectivity index (χ3n) is 4.64. The molecule has 2 heterocycles. The lowest BCUT2D eigenvalue weighted by atomic mass is 10.2. The molecule has 0 aliphatic rings. The molecule has 0 saturated carbocycles. The minimum absolute atomic E-state index is 0.145. The molecule has 0 aliphatic carbocycles. The highest BCUT2D eigenvalue weighted by Gasteiger charge is 2.17. The van der Waals surface area contributed by atoms with Gasteiger partial charge in [-0.1, -0.05) is 23.4 Å². The van der Waals surface area contributed by atoms with Crippen LogP contribution in [0.4, 0.5) is 10.1 Å². The number of benzene rings is 2. The highest BCUT2D eigenvalue weighted by molar-refractivity contribution is 7.99. The number of hydrogen-bond donors (Lipinski definition) is 1. The van der Waals surface area contributed by atoms with E-state index in [1.54, 1.807) is 36.4 Å². The molecule has 4 aromatic rings. The molecule has 0 atom stereocenters. The van der Waals surface area contributed by atoms with Gasteiger partial charge in [-0.25, -0.2) is 4.39 Å². The van der Waals surface area contributed by atoms with Crippen LogP contribution in [-0.2, 0) is 18.3 Å². The van der Waals surface area contributed by atoms with Crippen LogP contribution in [0.25, 0.3) is 5.69 Å². The van der Waals surface area contributed by atoms with Crippen molar-refractivity contribution in [1.82, 2.24) is 19.3 Å². The third-order valence-corrected chi connectivity index (χ3v) is 5.82. The molecule has 2 aromatic heterocycles. The van der Waals surface area contributed by atoms with E-state index in [9.17, 15) is 9.18 Å². The van der Waals surface area contributed by atoms with E-state index in [1.807, 2.05) is 34.5 Å². The summed E-state index contributed by atoms with van der Waals surface area (Å²) in [4.78, 5) is 12.4. The van der Waals surface area contributed by atoms with E-state index in [4.69, 9.17) is 11.6 Å². The van der Waals surface area contributed by atoms with Gasteiger partial charge in [-0.2, -0.15) is 0 Å². The van der Waals surface area contributed by atoms with Gasteiger partial charge in [0, 0.05) is 41.8 Å². The van der Waals surface area contributed by atoms with Gasteiger partial charge in [0.05, 0.1) is 5.75 Å². The van der Waals surface area contributed by atoms with Crippen LogP contribution in [0.5, 0.6) is 0 Å². The maximum absolute atomic E-state index is 13.5. The Hall–Kier alpha value is -3.10. The molecule has 0 bridgehead atoms. The molecule has 0 unspecified atom stereocenters. The number of amides is 1. The summed E-state index contributed by atoms with van der Waals surface area (Å²) in [5, 5.41) is 12.6. The van der Waals surface area contributed by atoms with Crippen LogP contribution >= 0.6 is 23.4 Å². The zero-order valence-corrected chi connectivity index (χ0v) is 18.2. The number of thioether (sulfide) groups is 1. The van der Waals surface area contributed by atoms with Gasteiger partial charge in [-0.15, -0.1) is 10.2 Å². The van der Waals surface area contributed by atoms with Crippen molar-refractivity contribution < 1.29 is 9.18 Å². The maximum atomic E-state index is 13.5. The molecule has 31 heavy (non-hydrogen) atoms. The topological polar surface area (TPSA) is 64.7 Å². The van der Waals surface area contributed by atoms with Crippen molar-refractivity contribution in [2.24, 2.45) is 7.05 Å². The van der Waals surface area contributed by atoms with Gasteiger partial charge >= 0.3 is 0 Å². The second kappa shape index (κ2) is 9.36. The van der Waals surface area contributed by atoms with Crippen molar-refractivity contribution in [3.63, 3.8) is 0 Å². The normalized spacial score (nSPS) is 10.9. The van der Waals surface area contributed by atoms with Crippen molar-refractivity contribution >= 4 is 35.0 Å².